The summed E-state index contributed by atoms with van der Waals surface area (Å²) in [6.07, 6.45) is 7.23. The normalized spacial score (nSPS) is 14.1. The lowest BCUT2D eigenvalue weighted by molar-refractivity contribution is 0.131. The first-order valence-electron chi connectivity index (χ1n) is 4.15. The van der Waals surface area contributed by atoms with Crippen molar-refractivity contribution in [3.63, 3.8) is 0 Å². The molecule has 0 radical (unpaired) electrons. The highest BCUT2D eigenvalue weighted by Gasteiger charge is 1.99. The number of hydrogen-bond donors (Lipinski definition) is 1. The van der Waals surface area contributed by atoms with Crippen LogP contribution in [0, 0.1) is 0 Å². The van der Waals surface area contributed by atoms with E-state index >= 15 is 0 Å². The molecule has 66 valence electrons. The lowest BCUT2D eigenvalue weighted by Crippen LogP contribution is -2.06. The third kappa shape index (κ3) is 6.07. The van der Waals surface area contributed by atoms with Gasteiger partial charge < -0.3 is 9.84 Å². The van der Waals surface area contributed by atoms with E-state index < -0.39 is 0 Å². The van der Waals surface area contributed by atoms with Gasteiger partial charge in [-0.15, -0.1) is 0 Å². The van der Waals surface area contributed by atoms with Crippen LogP contribution in [0.5, 0.6) is 0 Å². The topological polar surface area (TPSA) is 29.5 Å². The van der Waals surface area contributed by atoms with Crippen molar-refractivity contribution in [2.75, 3.05) is 13.7 Å². The second-order valence-electron chi connectivity index (χ2n) is 2.53. The van der Waals surface area contributed by atoms with Gasteiger partial charge in [0.25, 0.3) is 0 Å². The van der Waals surface area contributed by atoms with Gasteiger partial charge in [-0.3, -0.25) is 0 Å². The van der Waals surface area contributed by atoms with Gasteiger partial charge in [0.15, 0.2) is 0 Å². The predicted molar refractivity (Wildman–Crippen MR) is 46.5 cm³/mol. The van der Waals surface area contributed by atoms with E-state index in [4.69, 9.17) is 9.84 Å². The Kier molecular flexibility index (Phi) is 7.52. The van der Waals surface area contributed by atoms with Crippen LogP contribution in [-0.4, -0.2) is 24.9 Å². The van der Waals surface area contributed by atoms with Crippen molar-refractivity contribution in [2.24, 2.45) is 0 Å². The van der Waals surface area contributed by atoms with Crippen LogP contribution in [0.4, 0.5) is 0 Å². The molecular weight excluding hydrogens is 140 g/mol. The van der Waals surface area contributed by atoms with E-state index in [1.54, 1.807) is 13.2 Å². The van der Waals surface area contributed by atoms with Crippen molar-refractivity contribution in [1.82, 2.24) is 0 Å². The maximum Gasteiger partial charge on any atom is 0.0752 e. The van der Waals surface area contributed by atoms with E-state index in [1.807, 2.05) is 6.08 Å². The summed E-state index contributed by atoms with van der Waals surface area (Å²) in [5.41, 5.74) is 0. The fourth-order valence-electron chi connectivity index (χ4n) is 0.911. The van der Waals surface area contributed by atoms with Gasteiger partial charge in [-0.2, -0.15) is 0 Å². The number of methoxy groups -OCH3 is 1. The Bertz CT molecular complexity index is 99.7. The van der Waals surface area contributed by atoms with Gasteiger partial charge in [-0.05, 0) is 6.42 Å². The Hall–Kier alpha value is -0.340. The lowest BCUT2D eigenvalue weighted by atomic mass is 10.1. The van der Waals surface area contributed by atoms with E-state index in [2.05, 4.69) is 6.92 Å². The maximum absolute atomic E-state index is 8.49. The fourth-order valence-corrected chi connectivity index (χ4v) is 0.911. The average molecular weight is 158 g/mol. The fraction of sp³-hybridized carbons (Fsp3) is 0.778. The monoisotopic (exact) mass is 158 g/mol. The van der Waals surface area contributed by atoms with E-state index in [0.717, 1.165) is 6.42 Å². The molecule has 0 unspecified atom stereocenters. The average Bonchev–Trinajstić information content (AvgIpc) is 2.05. The molecule has 0 rings (SSSR count). The molecule has 0 amide bonds. The molecule has 0 saturated heterocycles. The second-order valence-corrected chi connectivity index (χ2v) is 2.53. The highest BCUT2D eigenvalue weighted by atomic mass is 16.5. The molecule has 0 saturated carbocycles. The van der Waals surface area contributed by atoms with Crippen molar-refractivity contribution in [3.05, 3.63) is 12.2 Å². The van der Waals surface area contributed by atoms with Crippen molar-refractivity contribution in [1.29, 1.82) is 0 Å². The molecule has 0 aliphatic carbocycles. The molecule has 0 aromatic heterocycles. The molecule has 1 N–H and O–H groups in total. The molecule has 0 aliphatic rings. The molecule has 11 heavy (non-hydrogen) atoms. The first kappa shape index (κ1) is 10.7. The van der Waals surface area contributed by atoms with Gasteiger partial charge in [0.2, 0.25) is 0 Å². The number of unbranched alkanes of at least 4 members (excludes halogenated alkanes) is 1. The summed E-state index contributed by atoms with van der Waals surface area (Å²) in [6, 6.07) is 0. The summed E-state index contributed by atoms with van der Waals surface area (Å²) in [7, 11) is 1.70. The standard InChI is InChI=1S/C9H18O2/c1-3-4-6-9(11-2)7-5-8-10/h5,7,9-10H,3-4,6,8H2,1-2H3/b7-5-/t9-/m1/s1. The molecule has 0 bridgehead atoms. The zero-order valence-electron chi connectivity index (χ0n) is 7.42. The molecule has 0 aromatic rings. The number of rotatable bonds is 6. The molecule has 2 nitrogen and oxygen atoms in total. The number of hydrogen-bond acceptors (Lipinski definition) is 2. The lowest BCUT2D eigenvalue weighted by Gasteiger charge is -2.08. The van der Waals surface area contributed by atoms with Crippen LogP contribution in [-0.2, 0) is 4.74 Å². The second kappa shape index (κ2) is 7.76. The quantitative estimate of drug-likeness (QED) is 0.597. The Morgan fingerprint density at radius 3 is 2.73 bits per heavy atom. The Balaban J connectivity index is 3.48. The number of ether oxygens (including phenoxy) is 1. The first-order chi connectivity index (χ1) is 5.35. The van der Waals surface area contributed by atoms with Crippen LogP contribution in [0.1, 0.15) is 26.2 Å². The minimum Gasteiger partial charge on any atom is -0.392 e. The first-order valence-corrected chi connectivity index (χ1v) is 4.15. The number of aliphatic hydroxyl groups is 1. The minimum atomic E-state index is 0.103. The third-order valence-electron chi connectivity index (χ3n) is 1.60. The van der Waals surface area contributed by atoms with Crippen LogP contribution in [0.25, 0.3) is 0 Å². The number of aliphatic hydroxyl groups excluding tert-OH is 1. The summed E-state index contributed by atoms with van der Waals surface area (Å²) in [6.45, 7) is 2.26. The summed E-state index contributed by atoms with van der Waals surface area (Å²) in [5, 5.41) is 8.49. The molecule has 1 atom stereocenters. The van der Waals surface area contributed by atoms with E-state index in [-0.39, 0.29) is 12.7 Å². The zero-order chi connectivity index (χ0) is 8.53. The van der Waals surface area contributed by atoms with Gasteiger partial charge in [0, 0.05) is 7.11 Å². The SMILES string of the molecule is CCCC[C@H](/C=C\CO)OC. The molecular formula is C9H18O2. The molecule has 2 heteroatoms. The van der Waals surface area contributed by atoms with E-state index in [9.17, 15) is 0 Å². The Morgan fingerprint density at radius 1 is 1.55 bits per heavy atom. The highest BCUT2D eigenvalue weighted by molar-refractivity contribution is 4.88. The van der Waals surface area contributed by atoms with Gasteiger partial charge in [0.05, 0.1) is 12.7 Å². The van der Waals surface area contributed by atoms with Gasteiger partial charge >= 0.3 is 0 Å². The summed E-state index contributed by atoms with van der Waals surface area (Å²) < 4.78 is 5.16. The molecule has 0 heterocycles. The van der Waals surface area contributed by atoms with Crippen molar-refractivity contribution in [3.8, 4) is 0 Å². The van der Waals surface area contributed by atoms with Crippen molar-refractivity contribution in [2.45, 2.75) is 32.3 Å². The molecule has 0 aromatic carbocycles. The van der Waals surface area contributed by atoms with E-state index in [0.29, 0.717) is 0 Å². The van der Waals surface area contributed by atoms with Crippen LogP contribution in [0.15, 0.2) is 12.2 Å². The largest absolute Gasteiger partial charge is 0.392 e. The molecule has 0 aliphatic heterocycles. The summed E-state index contributed by atoms with van der Waals surface area (Å²) in [5.74, 6) is 0. The summed E-state index contributed by atoms with van der Waals surface area (Å²) >= 11 is 0. The van der Waals surface area contributed by atoms with Crippen molar-refractivity contribution < 1.29 is 9.84 Å². The Morgan fingerprint density at radius 2 is 2.27 bits per heavy atom. The van der Waals surface area contributed by atoms with Crippen LogP contribution in [0.3, 0.4) is 0 Å². The van der Waals surface area contributed by atoms with Gasteiger partial charge in [-0.1, -0.05) is 31.9 Å². The van der Waals surface area contributed by atoms with Gasteiger partial charge in [-0.25, -0.2) is 0 Å². The van der Waals surface area contributed by atoms with Gasteiger partial charge in [0.1, 0.15) is 0 Å². The Labute approximate surface area is 68.9 Å². The van der Waals surface area contributed by atoms with E-state index in [1.165, 1.54) is 12.8 Å². The molecule has 0 fully saturated rings. The smallest absolute Gasteiger partial charge is 0.0752 e. The summed E-state index contributed by atoms with van der Waals surface area (Å²) in [4.78, 5) is 0. The zero-order valence-corrected chi connectivity index (χ0v) is 7.42. The highest BCUT2D eigenvalue weighted by Crippen LogP contribution is 2.04. The third-order valence-corrected chi connectivity index (χ3v) is 1.60. The minimum absolute atomic E-state index is 0.103. The maximum atomic E-state index is 8.49. The van der Waals surface area contributed by atoms with Crippen molar-refractivity contribution >= 4 is 0 Å². The van der Waals surface area contributed by atoms with Crippen LogP contribution in [0.2, 0.25) is 0 Å². The predicted octanol–water partition coefficient (Wildman–Crippen LogP) is 1.74. The molecule has 0 spiro atoms. The van der Waals surface area contributed by atoms with Crippen LogP contribution < -0.4 is 0 Å². The van der Waals surface area contributed by atoms with Crippen LogP contribution >= 0.6 is 0 Å².